The van der Waals surface area contributed by atoms with Crippen molar-refractivity contribution in [2.24, 2.45) is 0 Å². The summed E-state index contributed by atoms with van der Waals surface area (Å²) in [6, 6.07) is 10.3. The lowest BCUT2D eigenvalue weighted by Crippen LogP contribution is -2.59. The number of rotatable bonds is 3. The summed E-state index contributed by atoms with van der Waals surface area (Å²) in [6.07, 6.45) is 4.81. The van der Waals surface area contributed by atoms with Crippen LogP contribution in [0.4, 0.5) is 0 Å². The average molecular weight is 340 g/mol. The minimum absolute atomic E-state index is 0.0601. The lowest BCUT2D eigenvalue weighted by atomic mass is 9.82. The van der Waals surface area contributed by atoms with Crippen molar-refractivity contribution in [1.82, 2.24) is 10.2 Å². The molecule has 1 amide bonds. The molecule has 1 unspecified atom stereocenters. The number of nitrogens with zero attached hydrogens (tertiary/aromatic N) is 2. The number of guanidine groups is 1. The molecule has 0 bridgehead atoms. The number of thiol groups is 1. The molecule has 3 rings (SSSR count). The zero-order valence-electron chi connectivity index (χ0n) is 13.7. The molecular weight excluding hydrogens is 320 g/mol. The first-order valence-corrected chi connectivity index (χ1v) is 9.23. The lowest BCUT2D eigenvalue weighted by Gasteiger charge is -2.42. The number of carbonyl (C=O) groups is 1. The van der Waals surface area contributed by atoms with E-state index in [1.54, 1.807) is 7.05 Å². The second kappa shape index (κ2) is 6.17. The van der Waals surface area contributed by atoms with Crippen molar-refractivity contribution < 1.29 is 4.79 Å². The number of carbonyl (C=O) groups excluding carboxylic acids is 1. The number of benzene rings is 1. The first-order chi connectivity index (χ1) is 11.5. The van der Waals surface area contributed by atoms with Crippen LogP contribution in [0.15, 0.2) is 51.6 Å². The fraction of sp³-hybridized carbons (Fsp3) is 0.278. The van der Waals surface area contributed by atoms with Gasteiger partial charge in [-0.3, -0.25) is 15.1 Å². The highest BCUT2D eigenvalue weighted by Crippen LogP contribution is 2.49. The van der Waals surface area contributed by atoms with Crippen LogP contribution in [-0.2, 0) is 10.3 Å². The number of hydrogen-bond donors (Lipinski definition) is 3. The van der Waals surface area contributed by atoms with Crippen LogP contribution in [0.2, 0.25) is 0 Å². The average Bonchev–Trinajstić information content (AvgIpc) is 3.08. The molecule has 2 heterocycles. The maximum absolute atomic E-state index is 12.3. The largest absolute Gasteiger partial charge is 0.346 e. The smallest absolute Gasteiger partial charge is 0.231 e. The van der Waals surface area contributed by atoms with Gasteiger partial charge in [-0.1, -0.05) is 25.1 Å². The van der Waals surface area contributed by atoms with Crippen LogP contribution in [0.3, 0.4) is 0 Å². The Kier molecular flexibility index (Phi) is 4.20. The van der Waals surface area contributed by atoms with E-state index in [9.17, 15) is 10.1 Å². The number of hydrogen-bond acceptors (Lipinski definition) is 3. The zero-order valence-corrected chi connectivity index (χ0v) is 14.6. The Bertz CT molecular complexity index is 787. The summed E-state index contributed by atoms with van der Waals surface area (Å²) in [5, 5.41) is 22.6. The molecule has 24 heavy (non-hydrogen) atoms. The van der Waals surface area contributed by atoms with Crippen molar-refractivity contribution in [2.45, 2.75) is 30.2 Å². The fourth-order valence-corrected chi connectivity index (χ4v) is 4.85. The van der Waals surface area contributed by atoms with Crippen molar-refractivity contribution >= 4 is 22.8 Å². The quantitative estimate of drug-likeness (QED) is 0.740. The molecule has 0 aromatic heterocycles. The Labute approximate surface area is 144 Å². The number of nitriles is 1. The molecule has 0 aliphatic carbocycles. The summed E-state index contributed by atoms with van der Waals surface area (Å²) >= 11 is 0. The van der Waals surface area contributed by atoms with Crippen LogP contribution in [0, 0.1) is 16.7 Å². The topological polar surface area (TPSA) is 80.0 Å². The molecule has 2 aliphatic rings. The van der Waals surface area contributed by atoms with Gasteiger partial charge in [0.15, 0.2) is 5.96 Å². The van der Waals surface area contributed by atoms with E-state index in [4.69, 9.17) is 5.41 Å². The minimum Gasteiger partial charge on any atom is -0.346 e. The summed E-state index contributed by atoms with van der Waals surface area (Å²) in [6.45, 7) is 2.02. The van der Waals surface area contributed by atoms with Gasteiger partial charge in [0.2, 0.25) is 5.91 Å². The van der Waals surface area contributed by atoms with Gasteiger partial charge in [0.05, 0.1) is 16.9 Å². The maximum Gasteiger partial charge on any atom is 0.231 e. The second-order valence-corrected chi connectivity index (χ2v) is 8.00. The zero-order chi connectivity index (χ0) is 17.3. The first kappa shape index (κ1) is 16.3. The molecule has 1 aromatic carbocycles. The van der Waals surface area contributed by atoms with Gasteiger partial charge in [-0.05, 0) is 40.5 Å². The van der Waals surface area contributed by atoms with Gasteiger partial charge in [-0.25, -0.2) is 0 Å². The lowest BCUT2D eigenvalue weighted by molar-refractivity contribution is -0.129. The molecule has 124 valence electrons. The van der Waals surface area contributed by atoms with Gasteiger partial charge >= 0.3 is 0 Å². The summed E-state index contributed by atoms with van der Waals surface area (Å²) in [5.74, 6) is 0.0673. The van der Waals surface area contributed by atoms with Gasteiger partial charge in [0, 0.05) is 7.05 Å². The molecular formula is C18H20N4OS. The van der Waals surface area contributed by atoms with Crippen LogP contribution >= 0.6 is 10.9 Å². The second-order valence-electron chi connectivity index (χ2n) is 5.96. The third-order valence-electron chi connectivity index (χ3n) is 4.66. The van der Waals surface area contributed by atoms with E-state index in [0.717, 1.165) is 15.4 Å². The van der Waals surface area contributed by atoms with Gasteiger partial charge in [-0.15, -0.1) is 0 Å². The fourth-order valence-electron chi connectivity index (χ4n) is 3.10. The van der Waals surface area contributed by atoms with Gasteiger partial charge in [-0.2, -0.15) is 16.2 Å². The molecule has 2 N–H and O–H groups in total. The molecule has 1 fully saturated rings. The highest BCUT2D eigenvalue weighted by molar-refractivity contribution is 8.23. The van der Waals surface area contributed by atoms with E-state index in [-0.39, 0.29) is 11.9 Å². The SMILES string of the molecule is CC[C@@]1(c2cccc([SH]3C=CC=C3C#N)c2)CC(=O)N(C)C(=N)N1. The Morgan fingerprint density at radius 1 is 1.50 bits per heavy atom. The van der Waals surface area contributed by atoms with Crippen molar-refractivity contribution in [2.75, 3.05) is 7.05 Å². The highest BCUT2D eigenvalue weighted by Gasteiger charge is 2.40. The number of allylic oxidation sites excluding steroid dienone is 3. The monoisotopic (exact) mass is 340 g/mol. The number of amides is 1. The van der Waals surface area contributed by atoms with Crippen molar-refractivity contribution in [3.63, 3.8) is 0 Å². The molecule has 2 aliphatic heterocycles. The first-order valence-electron chi connectivity index (χ1n) is 7.82. The van der Waals surface area contributed by atoms with E-state index < -0.39 is 16.4 Å². The molecule has 1 saturated heterocycles. The van der Waals surface area contributed by atoms with Crippen LogP contribution in [0.1, 0.15) is 25.3 Å². The van der Waals surface area contributed by atoms with Crippen LogP contribution < -0.4 is 5.32 Å². The van der Waals surface area contributed by atoms with Crippen molar-refractivity contribution in [1.29, 1.82) is 10.7 Å². The number of nitrogens with one attached hydrogen (secondary N) is 2. The van der Waals surface area contributed by atoms with E-state index in [0.29, 0.717) is 12.8 Å². The standard InChI is InChI=1S/C18H20N4OS/c1-3-18(11-16(23)22(2)17(20)21-18)13-6-4-7-14(10-13)24-9-5-8-15(24)12-19/h4-10,24H,3,11H2,1-2H3,(H2,20,21)/t18-/m0/s1. The van der Waals surface area contributed by atoms with E-state index >= 15 is 0 Å². The third kappa shape index (κ3) is 2.61. The molecule has 6 heteroatoms. The van der Waals surface area contributed by atoms with Gasteiger partial charge in [0.1, 0.15) is 6.07 Å². The predicted molar refractivity (Wildman–Crippen MR) is 96.7 cm³/mol. The third-order valence-corrected chi connectivity index (χ3v) is 6.74. The van der Waals surface area contributed by atoms with E-state index in [1.807, 2.05) is 37.3 Å². The molecule has 0 spiro atoms. The highest BCUT2D eigenvalue weighted by atomic mass is 32.2. The van der Waals surface area contributed by atoms with Gasteiger partial charge < -0.3 is 5.32 Å². The van der Waals surface area contributed by atoms with Crippen molar-refractivity contribution in [3.05, 3.63) is 52.3 Å². The summed E-state index contributed by atoms with van der Waals surface area (Å²) in [7, 11) is 0.859. The van der Waals surface area contributed by atoms with Crippen LogP contribution in [0.25, 0.3) is 0 Å². The minimum atomic E-state index is -0.757. The Hall–Kier alpha value is -2.52. The Morgan fingerprint density at radius 2 is 2.29 bits per heavy atom. The maximum atomic E-state index is 12.3. The normalized spacial score (nSPS) is 27.6. The Balaban J connectivity index is 2.00. The predicted octanol–water partition coefficient (Wildman–Crippen LogP) is 2.97. The summed E-state index contributed by atoms with van der Waals surface area (Å²) in [5.41, 5.74) is 0.431. The Morgan fingerprint density at radius 3 is 2.96 bits per heavy atom. The van der Waals surface area contributed by atoms with E-state index in [2.05, 4.69) is 22.9 Å². The molecule has 2 atom stereocenters. The molecule has 5 nitrogen and oxygen atoms in total. The summed E-state index contributed by atoms with van der Waals surface area (Å²) in [4.78, 5) is 15.5. The van der Waals surface area contributed by atoms with Crippen LogP contribution in [-0.4, -0.2) is 23.8 Å². The van der Waals surface area contributed by atoms with Crippen LogP contribution in [0.5, 0.6) is 0 Å². The van der Waals surface area contributed by atoms with Gasteiger partial charge in [0.25, 0.3) is 0 Å². The molecule has 0 saturated carbocycles. The molecule has 1 aromatic rings. The van der Waals surface area contributed by atoms with Crippen molar-refractivity contribution in [3.8, 4) is 6.07 Å². The molecule has 0 radical (unpaired) electrons. The summed E-state index contributed by atoms with van der Waals surface area (Å²) < 4.78 is 0. The van der Waals surface area contributed by atoms with E-state index in [1.165, 1.54) is 4.90 Å².